The first kappa shape index (κ1) is 25.0. The van der Waals surface area contributed by atoms with E-state index in [4.69, 9.17) is 9.47 Å². The second-order valence-electron chi connectivity index (χ2n) is 11.1. The summed E-state index contributed by atoms with van der Waals surface area (Å²) in [6.45, 7) is 9.88. The second kappa shape index (κ2) is 8.94. The molecule has 32 heavy (non-hydrogen) atoms. The van der Waals surface area contributed by atoms with Gasteiger partial charge in [-0.1, -0.05) is 25.0 Å². The molecule has 6 heteroatoms. The molecule has 0 saturated heterocycles. The van der Waals surface area contributed by atoms with Crippen LogP contribution in [0.5, 0.6) is 0 Å². The number of carbonyl (C=O) groups excluding carboxylic acids is 2. The summed E-state index contributed by atoms with van der Waals surface area (Å²) in [7, 11) is 1.41. The highest BCUT2D eigenvalue weighted by Crippen LogP contribution is 2.63. The lowest BCUT2D eigenvalue weighted by molar-refractivity contribution is -0.224. The molecule has 0 aromatic heterocycles. The number of carbonyl (C=O) groups is 2. The van der Waals surface area contributed by atoms with E-state index in [1.165, 1.54) is 12.7 Å². The summed E-state index contributed by atoms with van der Waals surface area (Å²) in [6, 6.07) is 0. The molecule has 2 N–H and O–H groups in total. The van der Waals surface area contributed by atoms with Crippen molar-refractivity contribution in [1.82, 2.24) is 0 Å². The van der Waals surface area contributed by atoms with Crippen LogP contribution in [-0.4, -0.2) is 47.1 Å². The van der Waals surface area contributed by atoms with E-state index in [0.29, 0.717) is 12.8 Å². The van der Waals surface area contributed by atoms with Crippen LogP contribution in [0.1, 0.15) is 79.6 Å². The van der Waals surface area contributed by atoms with Gasteiger partial charge in [0.15, 0.2) is 0 Å². The summed E-state index contributed by atoms with van der Waals surface area (Å²) >= 11 is 0. The van der Waals surface area contributed by atoms with Crippen LogP contribution >= 0.6 is 0 Å². The Bertz CT molecular complexity index is 811. The van der Waals surface area contributed by atoms with Gasteiger partial charge < -0.3 is 19.7 Å². The SMILES string of the molecule is COC(=O)[C@]1(C)CCC[C@@]2(C)[C@H]1[C@@H](O)C[C@@](C)(O)[C@@H]2CC/C(C)=C/C[C@H]1OC(=O)C=C1C. The molecule has 3 rings (SSSR count). The zero-order chi connectivity index (χ0) is 23.9. The minimum absolute atomic E-state index is 0.0537. The van der Waals surface area contributed by atoms with Gasteiger partial charge >= 0.3 is 11.9 Å². The highest BCUT2D eigenvalue weighted by Gasteiger charge is 2.64. The summed E-state index contributed by atoms with van der Waals surface area (Å²) < 4.78 is 10.5. The molecule has 0 amide bonds. The number of hydrogen-bond donors (Lipinski definition) is 2. The Hall–Kier alpha value is -1.66. The summed E-state index contributed by atoms with van der Waals surface area (Å²) in [6.07, 6.45) is 7.63. The van der Waals surface area contributed by atoms with Crippen molar-refractivity contribution in [3.63, 3.8) is 0 Å². The number of rotatable bonds is 6. The van der Waals surface area contributed by atoms with Gasteiger partial charge in [0, 0.05) is 24.8 Å². The van der Waals surface area contributed by atoms with Gasteiger partial charge in [-0.2, -0.15) is 0 Å². The molecule has 0 aromatic carbocycles. The number of aliphatic hydroxyl groups excluding tert-OH is 1. The lowest BCUT2D eigenvalue weighted by Crippen LogP contribution is -2.64. The van der Waals surface area contributed by atoms with Gasteiger partial charge in [-0.05, 0) is 70.3 Å². The van der Waals surface area contributed by atoms with E-state index in [1.807, 2.05) is 20.8 Å². The third kappa shape index (κ3) is 4.41. The van der Waals surface area contributed by atoms with E-state index in [0.717, 1.165) is 31.3 Å². The smallest absolute Gasteiger partial charge is 0.331 e. The quantitative estimate of drug-likeness (QED) is 0.470. The maximum absolute atomic E-state index is 12.8. The molecular formula is C26H40O6. The maximum atomic E-state index is 12.8. The minimum atomic E-state index is -1.01. The third-order valence-corrected chi connectivity index (χ3v) is 8.63. The van der Waals surface area contributed by atoms with E-state index in [-0.39, 0.29) is 41.7 Å². The molecule has 1 heterocycles. The molecule has 2 aliphatic carbocycles. The lowest BCUT2D eigenvalue weighted by Gasteiger charge is -2.62. The zero-order valence-corrected chi connectivity index (χ0v) is 20.4. The largest absolute Gasteiger partial charge is 0.469 e. The average molecular weight is 449 g/mol. The van der Waals surface area contributed by atoms with Gasteiger partial charge in [-0.25, -0.2) is 4.79 Å². The van der Waals surface area contributed by atoms with Crippen molar-refractivity contribution in [2.75, 3.05) is 7.11 Å². The van der Waals surface area contributed by atoms with Crippen molar-refractivity contribution < 1.29 is 29.3 Å². The van der Waals surface area contributed by atoms with Crippen LogP contribution in [0, 0.1) is 22.7 Å². The van der Waals surface area contributed by atoms with Crippen LogP contribution in [0.4, 0.5) is 0 Å². The van der Waals surface area contributed by atoms with Gasteiger partial charge in [0.2, 0.25) is 0 Å². The number of hydrogen-bond acceptors (Lipinski definition) is 6. The first-order valence-electron chi connectivity index (χ1n) is 11.9. The van der Waals surface area contributed by atoms with E-state index >= 15 is 0 Å². The number of aliphatic hydroxyl groups is 2. The molecule has 1 aliphatic heterocycles. The zero-order valence-electron chi connectivity index (χ0n) is 20.4. The average Bonchev–Trinajstić information content (AvgIpc) is 3.01. The Labute approximate surface area is 192 Å². The Morgan fingerprint density at radius 1 is 1.31 bits per heavy atom. The number of methoxy groups -OCH3 is 1. The van der Waals surface area contributed by atoms with Crippen LogP contribution in [0.25, 0.3) is 0 Å². The van der Waals surface area contributed by atoms with Crippen LogP contribution in [0.2, 0.25) is 0 Å². The van der Waals surface area contributed by atoms with E-state index in [1.54, 1.807) is 6.08 Å². The first-order chi connectivity index (χ1) is 14.8. The molecule has 2 saturated carbocycles. The molecule has 7 atom stereocenters. The Morgan fingerprint density at radius 3 is 2.59 bits per heavy atom. The van der Waals surface area contributed by atoms with Crippen molar-refractivity contribution >= 4 is 11.9 Å². The van der Waals surface area contributed by atoms with Crippen molar-refractivity contribution in [1.29, 1.82) is 0 Å². The minimum Gasteiger partial charge on any atom is -0.469 e. The molecular weight excluding hydrogens is 408 g/mol. The lowest BCUT2D eigenvalue weighted by atomic mass is 9.44. The number of esters is 2. The van der Waals surface area contributed by atoms with Gasteiger partial charge in [-0.15, -0.1) is 0 Å². The topological polar surface area (TPSA) is 93.1 Å². The Balaban J connectivity index is 1.78. The van der Waals surface area contributed by atoms with Gasteiger partial charge in [-0.3, -0.25) is 4.79 Å². The van der Waals surface area contributed by atoms with E-state index in [2.05, 4.69) is 19.9 Å². The monoisotopic (exact) mass is 448 g/mol. The predicted molar refractivity (Wildman–Crippen MR) is 122 cm³/mol. The molecule has 6 nitrogen and oxygen atoms in total. The van der Waals surface area contributed by atoms with Gasteiger partial charge in [0.1, 0.15) is 6.10 Å². The Kier molecular flexibility index (Phi) is 6.98. The predicted octanol–water partition coefficient (Wildman–Crippen LogP) is 4.09. The molecule has 0 aromatic rings. The first-order valence-corrected chi connectivity index (χ1v) is 11.9. The highest BCUT2D eigenvalue weighted by molar-refractivity contribution is 5.85. The second-order valence-corrected chi connectivity index (χ2v) is 11.1. The van der Waals surface area contributed by atoms with Crippen LogP contribution in [0.3, 0.4) is 0 Å². The fourth-order valence-corrected chi connectivity index (χ4v) is 7.19. The molecule has 2 fully saturated rings. The molecule has 3 aliphatic rings. The maximum Gasteiger partial charge on any atom is 0.331 e. The number of fused-ring (bicyclic) bond motifs is 1. The third-order valence-electron chi connectivity index (χ3n) is 8.63. The standard InChI is InChI=1S/C26H40O6/c1-16(8-10-19-17(2)14-21(28)32-19)9-11-20-24(3)12-7-13-25(4,23(29)31-6)22(24)18(27)15-26(20,5)30/h8,14,18-20,22,27,30H,7,9-13,15H2,1-6H3/b16-8+/t18-,19+,20+,22+,24+,25+,26+/m0/s1. The van der Waals surface area contributed by atoms with E-state index in [9.17, 15) is 19.8 Å². The Morgan fingerprint density at radius 2 is 2.00 bits per heavy atom. The highest BCUT2D eigenvalue weighted by atomic mass is 16.5. The van der Waals surface area contributed by atoms with Gasteiger partial charge in [0.25, 0.3) is 0 Å². The normalized spacial score (nSPS) is 42.2. The molecule has 0 radical (unpaired) electrons. The summed E-state index contributed by atoms with van der Waals surface area (Å²) in [4.78, 5) is 24.2. The van der Waals surface area contributed by atoms with Gasteiger partial charge in [0.05, 0.1) is 24.2 Å². The fraction of sp³-hybridized carbons (Fsp3) is 0.769. The van der Waals surface area contributed by atoms with E-state index < -0.39 is 17.1 Å². The molecule has 180 valence electrons. The molecule has 0 unspecified atom stereocenters. The van der Waals surface area contributed by atoms with Crippen molar-refractivity contribution in [3.05, 3.63) is 23.3 Å². The van der Waals surface area contributed by atoms with Crippen LogP contribution in [-0.2, 0) is 19.1 Å². The fourth-order valence-electron chi connectivity index (χ4n) is 7.19. The number of allylic oxidation sites excluding steroid dienone is 1. The molecule has 0 spiro atoms. The summed E-state index contributed by atoms with van der Waals surface area (Å²) in [5.41, 5.74) is -0.00295. The van der Waals surface area contributed by atoms with Crippen molar-refractivity contribution in [3.8, 4) is 0 Å². The molecule has 0 bridgehead atoms. The van der Waals surface area contributed by atoms with Crippen LogP contribution < -0.4 is 0 Å². The number of cyclic esters (lactones) is 1. The van der Waals surface area contributed by atoms with Crippen molar-refractivity contribution in [2.45, 2.75) is 97.4 Å². The van der Waals surface area contributed by atoms with Crippen molar-refractivity contribution in [2.24, 2.45) is 22.7 Å². The number of ether oxygens (including phenoxy) is 2. The van der Waals surface area contributed by atoms with Crippen LogP contribution in [0.15, 0.2) is 23.3 Å². The summed E-state index contributed by atoms with van der Waals surface area (Å²) in [5.74, 6) is -0.850. The summed E-state index contributed by atoms with van der Waals surface area (Å²) in [5, 5.41) is 22.5.